The molecule has 6 rings (SSSR count). The molecule has 5 heterocycles. The van der Waals surface area contributed by atoms with Gasteiger partial charge in [-0.1, -0.05) is 29.4 Å². The van der Waals surface area contributed by atoms with Crippen LogP contribution in [-0.2, 0) is 6.54 Å². The molecule has 1 fully saturated rings. The summed E-state index contributed by atoms with van der Waals surface area (Å²) in [5.41, 5.74) is 8.19. The van der Waals surface area contributed by atoms with Crippen LogP contribution < -0.4 is 10.6 Å². The van der Waals surface area contributed by atoms with Crippen LogP contribution in [0.1, 0.15) is 36.8 Å². The van der Waals surface area contributed by atoms with Crippen molar-refractivity contribution >= 4 is 29.2 Å². The van der Waals surface area contributed by atoms with E-state index in [1.807, 2.05) is 23.0 Å². The highest BCUT2D eigenvalue weighted by Gasteiger charge is 2.47. The summed E-state index contributed by atoms with van der Waals surface area (Å²) in [4.78, 5) is 15.9. The van der Waals surface area contributed by atoms with Crippen LogP contribution in [0.3, 0.4) is 0 Å². The largest absolute Gasteiger partial charge is 0.355 e. The van der Waals surface area contributed by atoms with E-state index < -0.39 is 6.43 Å². The molecule has 3 aromatic heterocycles. The number of nitrogens with zero attached hydrogens (tertiary/aromatic N) is 7. The minimum atomic E-state index is -2.71. The number of fused-ring (bicyclic) bond motifs is 1. The molecule has 1 saturated heterocycles. The lowest BCUT2D eigenvalue weighted by molar-refractivity contribution is 0.138. The quantitative estimate of drug-likeness (QED) is 0.394. The monoisotopic (exact) mass is 528 g/mol. The van der Waals surface area contributed by atoms with Crippen LogP contribution in [-0.4, -0.2) is 42.4 Å². The average molecular weight is 529 g/mol. The van der Waals surface area contributed by atoms with Crippen LogP contribution in [0, 0.1) is 5.41 Å². The van der Waals surface area contributed by atoms with E-state index in [1.54, 1.807) is 24.5 Å². The molecule has 0 saturated carbocycles. The summed E-state index contributed by atoms with van der Waals surface area (Å²) in [5, 5.41) is 5.42. The van der Waals surface area contributed by atoms with Crippen molar-refractivity contribution in [2.75, 3.05) is 18.0 Å². The SMILES string of the molecule is N[C@@H]1c2ccnn2CC12CCN(c1cnc(Sc3cccc(-n4ccnc4C(F)F)c3Cl)cn1)CC2. The van der Waals surface area contributed by atoms with Crippen LogP contribution in [0.25, 0.3) is 5.69 Å². The Kier molecular flexibility index (Phi) is 5.93. The molecular weight excluding hydrogens is 506 g/mol. The van der Waals surface area contributed by atoms with Crippen molar-refractivity contribution in [3.05, 3.63) is 71.8 Å². The van der Waals surface area contributed by atoms with Crippen molar-refractivity contribution in [3.8, 4) is 5.69 Å². The first-order valence-electron chi connectivity index (χ1n) is 11.6. The Bertz CT molecular complexity index is 1380. The summed E-state index contributed by atoms with van der Waals surface area (Å²) in [7, 11) is 0. The van der Waals surface area contributed by atoms with Gasteiger partial charge in [0, 0.05) is 48.5 Å². The number of piperidine rings is 1. The van der Waals surface area contributed by atoms with Gasteiger partial charge in [0.15, 0.2) is 5.82 Å². The van der Waals surface area contributed by atoms with Gasteiger partial charge in [0.05, 0.1) is 34.8 Å². The fraction of sp³-hybridized carbons (Fsp3) is 0.333. The molecule has 0 aliphatic carbocycles. The van der Waals surface area contributed by atoms with E-state index >= 15 is 0 Å². The molecule has 1 atom stereocenters. The number of aromatic nitrogens is 6. The van der Waals surface area contributed by atoms with Gasteiger partial charge in [0.1, 0.15) is 10.8 Å². The highest BCUT2D eigenvalue weighted by molar-refractivity contribution is 7.99. The fourth-order valence-electron chi connectivity index (χ4n) is 5.18. The molecule has 8 nitrogen and oxygen atoms in total. The Morgan fingerprint density at radius 3 is 2.64 bits per heavy atom. The Morgan fingerprint density at radius 1 is 1.08 bits per heavy atom. The fourth-order valence-corrected chi connectivity index (χ4v) is 6.29. The lowest BCUT2D eigenvalue weighted by atomic mass is 9.73. The Labute approximate surface area is 215 Å². The maximum absolute atomic E-state index is 13.3. The van der Waals surface area contributed by atoms with Gasteiger partial charge < -0.3 is 10.6 Å². The molecule has 36 heavy (non-hydrogen) atoms. The molecule has 1 spiro atoms. The molecule has 2 aliphatic rings. The first-order valence-corrected chi connectivity index (χ1v) is 12.8. The van der Waals surface area contributed by atoms with Crippen molar-refractivity contribution in [2.45, 2.75) is 41.8 Å². The van der Waals surface area contributed by atoms with Crippen molar-refractivity contribution in [1.29, 1.82) is 0 Å². The summed E-state index contributed by atoms with van der Waals surface area (Å²) in [6, 6.07) is 7.30. The number of anilines is 1. The van der Waals surface area contributed by atoms with Crippen LogP contribution in [0.5, 0.6) is 0 Å². The van der Waals surface area contributed by atoms with Gasteiger partial charge >= 0.3 is 0 Å². The number of rotatable bonds is 5. The number of hydrogen-bond acceptors (Lipinski definition) is 7. The number of halogens is 3. The Hall–Kier alpha value is -3.02. The number of hydrogen-bond donors (Lipinski definition) is 1. The molecule has 2 N–H and O–H groups in total. The lowest BCUT2D eigenvalue weighted by Crippen LogP contribution is -2.45. The molecule has 12 heteroatoms. The lowest BCUT2D eigenvalue weighted by Gasteiger charge is -2.41. The average Bonchev–Trinajstić information content (AvgIpc) is 3.60. The van der Waals surface area contributed by atoms with Crippen molar-refractivity contribution in [3.63, 3.8) is 0 Å². The van der Waals surface area contributed by atoms with Gasteiger partial charge in [0.2, 0.25) is 0 Å². The molecule has 1 aromatic carbocycles. The van der Waals surface area contributed by atoms with Crippen molar-refractivity contribution in [1.82, 2.24) is 29.3 Å². The van der Waals surface area contributed by atoms with Gasteiger partial charge in [0.25, 0.3) is 6.43 Å². The highest BCUT2D eigenvalue weighted by Crippen LogP contribution is 2.48. The summed E-state index contributed by atoms with van der Waals surface area (Å²) < 4.78 is 29.9. The van der Waals surface area contributed by atoms with E-state index in [0.717, 1.165) is 44.0 Å². The molecular formula is C24H23ClF2N8S. The zero-order valence-electron chi connectivity index (χ0n) is 19.1. The third-order valence-electron chi connectivity index (χ3n) is 7.17. The zero-order valence-corrected chi connectivity index (χ0v) is 20.7. The maximum Gasteiger partial charge on any atom is 0.295 e. The van der Waals surface area contributed by atoms with Gasteiger partial charge in [-0.25, -0.2) is 23.7 Å². The van der Waals surface area contributed by atoms with Gasteiger partial charge in [-0.05, 0) is 31.0 Å². The Morgan fingerprint density at radius 2 is 1.92 bits per heavy atom. The normalized spacial score (nSPS) is 18.8. The van der Waals surface area contributed by atoms with Crippen LogP contribution >= 0.6 is 23.4 Å². The first-order chi connectivity index (χ1) is 17.4. The van der Waals surface area contributed by atoms with Crippen molar-refractivity contribution < 1.29 is 8.78 Å². The van der Waals surface area contributed by atoms with E-state index in [1.165, 1.54) is 28.7 Å². The van der Waals surface area contributed by atoms with E-state index in [9.17, 15) is 8.78 Å². The molecule has 2 aliphatic heterocycles. The van der Waals surface area contributed by atoms with E-state index in [4.69, 9.17) is 17.3 Å². The minimum absolute atomic E-state index is 0.00613. The van der Waals surface area contributed by atoms with Crippen LogP contribution in [0.2, 0.25) is 5.02 Å². The molecule has 0 bridgehead atoms. The van der Waals surface area contributed by atoms with Crippen LogP contribution in [0.4, 0.5) is 14.6 Å². The smallest absolute Gasteiger partial charge is 0.295 e. The number of imidazole rings is 1. The number of benzene rings is 1. The summed E-state index contributed by atoms with van der Waals surface area (Å²) in [6.45, 7) is 2.57. The molecule has 0 unspecified atom stereocenters. The standard InChI is InChI=1S/C24H23ClF2N8S/c25-20-15(34-11-8-29-23(34)22(26)27)2-1-3-17(20)36-19-13-30-18(12-31-19)33-9-5-24(6-10-33)14-35-16(21(24)28)4-7-32-35/h1-4,7-8,11-13,21-22H,5-6,9-10,14,28H2/t21-/m1/s1. The third kappa shape index (κ3) is 3.95. The van der Waals surface area contributed by atoms with Crippen LogP contribution in [0.15, 0.2) is 65.2 Å². The first kappa shape index (κ1) is 23.4. The second-order valence-electron chi connectivity index (χ2n) is 9.10. The van der Waals surface area contributed by atoms with Gasteiger partial charge in [-0.3, -0.25) is 9.25 Å². The second kappa shape index (κ2) is 9.13. The molecule has 186 valence electrons. The summed E-state index contributed by atoms with van der Waals surface area (Å²) in [6.07, 6.45) is 7.32. The van der Waals surface area contributed by atoms with E-state index in [0.29, 0.717) is 20.6 Å². The Balaban J connectivity index is 1.14. The number of alkyl halides is 2. The van der Waals surface area contributed by atoms with E-state index in [-0.39, 0.29) is 17.3 Å². The highest BCUT2D eigenvalue weighted by atomic mass is 35.5. The zero-order chi connectivity index (χ0) is 24.9. The molecule has 4 aromatic rings. The third-order valence-corrected chi connectivity index (χ3v) is 8.66. The van der Waals surface area contributed by atoms with Gasteiger partial charge in [-0.15, -0.1) is 0 Å². The maximum atomic E-state index is 13.3. The van der Waals surface area contributed by atoms with E-state index in [2.05, 4.69) is 25.0 Å². The summed E-state index contributed by atoms with van der Waals surface area (Å²) in [5.74, 6) is 0.466. The molecule has 0 radical (unpaired) electrons. The second-order valence-corrected chi connectivity index (χ2v) is 10.5. The van der Waals surface area contributed by atoms with Gasteiger partial charge in [-0.2, -0.15) is 5.10 Å². The van der Waals surface area contributed by atoms with Crippen molar-refractivity contribution in [2.24, 2.45) is 11.1 Å². The summed E-state index contributed by atoms with van der Waals surface area (Å²) >= 11 is 7.92. The predicted molar refractivity (Wildman–Crippen MR) is 133 cm³/mol. The number of nitrogens with two attached hydrogens (primary N) is 1. The molecule has 0 amide bonds. The minimum Gasteiger partial charge on any atom is -0.355 e. The predicted octanol–water partition coefficient (Wildman–Crippen LogP) is 4.90. The topological polar surface area (TPSA) is 90.7 Å².